The van der Waals surface area contributed by atoms with Gasteiger partial charge in [0.05, 0.1) is 0 Å². The number of rotatable bonds is 8. The number of amides is 2. The fourth-order valence-electron chi connectivity index (χ4n) is 4.98. The van der Waals surface area contributed by atoms with Crippen LogP contribution in [0.4, 0.5) is 20.4 Å². The van der Waals surface area contributed by atoms with Crippen molar-refractivity contribution in [3.05, 3.63) is 71.9 Å². The number of nitrogens with two attached hydrogens (primary N) is 1. The zero-order valence-electron chi connectivity index (χ0n) is 22.2. The minimum absolute atomic E-state index is 0.0324. The van der Waals surface area contributed by atoms with Gasteiger partial charge < -0.3 is 16.0 Å². The third kappa shape index (κ3) is 6.45. The van der Waals surface area contributed by atoms with Crippen molar-refractivity contribution in [2.45, 2.75) is 29.1 Å². The molecule has 0 spiro atoms. The van der Waals surface area contributed by atoms with E-state index in [1.807, 2.05) is 21.8 Å². The predicted molar refractivity (Wildman–Crippen MR) is 164 cm³/mol. The molecule has 0 radical (unpaired) electrons. The molecule has 1 unspecified atom stereocenters. The molecule has 0 bridgehead atoms. The monoisotopic (exact) mass is 691 g/mol. The quantitative estimate of drug-likeness (QED) is 0.183. The molecule has 2 amide bonds. The number of fused-ring (bicyclic) bond motifs is 1. The highest BCUT2D eigenvalue weighted by Crippen LogP contribution is 2.36. The number of hydrogen-bond acceptors (Lipinski definition) is 7. The maximum absolute atomic E-state index is 13.7. The van der Waals surface area contributed by atoms with Crippen LogP contribution in [-0.2, 0) is 8.72 Å². The van der Waals surface area contributed by atoms with E-state index in [1.54, 1.807) is 42.2 Å². The molecule has 3 aromatic heterocycles. The number of nitrogens with one attached hydrogen (secondary N) is 1. The fraction of sp³-hybridized carbons (Fsp3) is 0.321. The second-order valence-electron chi connectivity index (χ2n) is 9.73. The molecule has 0 saturated carbocycles. The van der Waals surface area contributed by atoms with Gasteiger partial charge in [0, 0.05) is 89.1 Å². The number of halogens is 3. The number of thioether (sulfide) groups is 1. The lowest BCUT2D eigenvalue weighted by Crippen LogP contribution is -2.39. The van der Waals surface area contributed by atoms with Gasteiger partial charge in [-0.25, -0.2) is 15.0 Å². The van der Waals surface area contributed by atoms with Crippen LogP contribution in [0.1, 0.15) is 46.9 Å². The van der Waals surface area contributed by atoms with E-state index in [0.29, 0.717) is 35.6 Å². The van der Waals surface area contributed by atoms with Crippen molar-refractivity contribution in [3.8, 4) is 11.3 Å². The second kappa shape index (κ2) is 12.3. The number of piperidine rings is 1. The van der Waals surface area contributed by atoms with Crippen LogP contribution in [0.2, 0.25) is 0 Å². The number of pyridine rings is 1. The van der Waals surface area contributed by atoms with Crippen LogP contribution in [0.15, 0.2) is 55.0 Å². The van der Waals surface area contributed by atoms with Gasteiger partial charge in [-0.3, -0.25) is 14.0 Å². The van der Waals surface area contributed by atoms with Crippen molar-refractivity contribution in [1.82, 2.24) is 24.3 Å². The fourth-order valence-corrected chi connectivity index (χ4v) is 5.70. The Morgan fingerprint density at radius 1 is 1.20 bits per heavy atom. The summed E-state index contributed by atoms with van der Waals surface area (Å²) in [6.07, 6.45) is 8.98. The van der Waals surface area contributed by atoms with Gasteiger partial charge in [-0.2, -0.15) is 20.5 Å². The third-order valence-corrected chi connectivity index (χ3v) is 8.25. The number of nitrogen functional groups attached to an aromatic ring is 1. The first-order valence-electron chi connectivity index (χ1n) is 13.0. The lowest BCUT2D eigenvalue weighted by atomic mass is 9.97. The zero-order valence-corrected chi connectivity index (χ0v) is 25.2. The number of carbonyl (C=O) groups is 2. The van der Waals surface area contributed by atoms with E-state index in [4.69, 9.17) is 10.7 Å². The van der Waals surface area contributed by atoms with Crippen molar-refractivity contribution >= 4 is 63.3 Å². The Balaban J connectivity index is 1.40. The van der Waals surface area contributed by atoms with E-state index in [9.17, 15) is 18.4 Å². The van der Waals surface area contributed by atoms with Gasteiger partial charge in [-0.1, -0.05) is 12.1 Å². The molecule has 4 aromatic rings. The highest BCUT2D eigenvalue weighted by Gasteiger charge is 2.30. The predicted octanol–water partition coefficient (Wildman–Crippen LogP) is 5.57. The molecule has 41 heavy (non-hydrogen) atoms. The summed E-state index contributed by atoms with van der Waals surface area (Å²) in [5.74, 6) is 1.67. The SMILES string of the molecule is CSCCC(=O)N1CCCC(c2nc(-c3ccc(C(=O)Nc4cc(C(F)(F)I)ccn4)cc3)c3c(N)nccn23)C1. The highest BCUT2D eigenvalue weighted by molar-refractivity contribution is 14.1. The normalized spacial score (nSPS) is 15.7. The van der Waals surface area contributed by atoms with Crippen LogP contribution in [-0.4, -0.2) is 61.2 Å². The largest absolute Gasteiger partial charge is 0.382 e. The number of anilines is 2. The number of aromatic nitrogens is 4. The number of alkyl halides is 3. The van der Waals surface area contributed by atoms with Gasteiger partial charge in [0.15, 0.2) is 0 Å². The Labute approximate surface area is 253 Å². The van der Waals surface area contributed by atoms with Gasteiger partial charge in [0.2, 0.25) is 5.91 Å². The Morgan fingerprint density at radius 3 is 2.71 bits per heavy atom. The molecule has 13 heteroatoms. The van der Waals surface area contributed by atoms with Crippen molar-refractivity contribution in [1.29, 1.82) is 0 Å². The van der Waals surface area contributed by atoms with Crippen LogP contribution in [0.25, 0.3) is 16.8 Å². The summed E-state index contributed by atoms with van der Waals surface area (Å²) in [5, 5.41) is 2.57. The van der Waals surface area contributed by atoms with Crippen LogP contribution in [0.3, 0.4) is 0 Å². The molecule has 1 aliphatic heterocycles. The Hall–Kier alpha value is -3.33. The van der Waals surface area contributed by atoms with Crippen molar-refractivity contribution in [2.24, 2.45) is 0 Å². The number of carbonyl (C=O) groups excluding carboxylic acids is 2. The lowest BCUT2D eigenvalue weighted by Gasteiger charge is -2.32. The second-order valence-corrected chi connectivity index (χ2v) is 12.1. The van der Waals surface area contributed by atoms with Crippen molar-refractivity contribution < 1.29 is 18.4 Å². The van der Waals surface area contributed by atoms with Crippen LogP contribution < -0.4 is 11.1 Å². The molecule has 1 saturated heterocycles. The molecule has 0 aliphatic carbocycles. The molecule has 3 N–H and O–H groups in total. The number of imidazole rings is 1. The van der Waals surface area contributed by atoms with Crippen LogP contribution in [0.5, 0.6) is 0 Å². The summed E-state index contributed by atoms with van der Waals surface area (Å²) in [7, 11) is 0. The smallest absolute Gasteiger partial charge is 0.321 e. The maximum Gasteiger partial charge on any atom is 0.321 e. The molecule has 4 heterocycles. The Bertz CT molecular complexity index is 1580. The number of benzene rings is 1. The van der Waals surface area contributed by atoms with Crippen molar-refractivity contribution in [3.63, 3.8) is 0 Å². The third-order valence-electron chi connectivity index (χ3n) is 7.02. The minimum Gasteiger partial charge on any atom is -0.382 e. The molecule has 5 rings (SSSR count). The minimum atomic E-state index is -3.08. The van der Waals surface area contributed by atoms with E-state index in [-0.39, 0.29) is 23.2 Å². The molecule has 1 fully saturated rings. The maximum atomic E-state index is 13.7. The summed E-state index contributed by atoms with van der Waals surface area (Å²) < 4.78 is 26.2. The standard InChI is InChI=1S/C28H28F2IN7O2S/c1-41-14-9-22(39)37-12-2-3-19(16-37)26-36-23(24-25(32)34-11-13-38(24)26)17-4-6-18(7-5-17)27(40)35-21-15-20(8-10-33-21)28(29,30)31/h4-8,10-11,13,15,19H,2-3,9,12,14,16H2,1H3,(H2,32,34)(H,33,35,40). The van der Waals surface area contributed by atoms with Crippen LogP contribution >= 0.6 is 34.4 Å². The van der Waals surface area contributed by atoms with Gasteiger partial charge in [-0.05, 0) is 43.4 Å². The molecule has 1 aliphatic rings. The summed E-state index contributed by atoms with van der Waals surface area (Å²) in [6.45, 7) is 1.33. The average molecular weight is 692 g/mol. The summed E-state index contributed by atoms with van der Waals surface area (Å²) in [5.41, 5.74) is 8.40. The summed E-state index contributed by atoms with van der Waals surface area (Å²) >= 11 is 2.69. The van der Waals surface area contributed by atoms with Crippen molar-refractivity contribution in [2.75, 3.05) is 36.1 Å². The molecular formula is C28H28F2IN7O2S. The number of likely N-dealkylation sites (tertiary alicyclic amines) is 1. The first kappa shape index (κ1) is 29.2. The van der Waals surface area contributed by atoms with Gasteiger partial charge in [-0.15, -0.1) is 0 Å². The molecule has 214 valence electrons. The summed E-state index contributed by atoms with van der Waals surface area (Å²) in [4.78, 5) is 40.7. The highest BCUT2D eigenvalue weighted by atomic mass is 127. The van der Waals surface area contributed by atoms with E-state index < -0.39 is 9.84 Å². The topological polar surface area (TPSA) is 119 Å². The van der Waals surface area contributed by atoms with E-state index in [1.165, 1.54) is 12.3 Å². The van der Waals surface area contributed by atoms with Gasteiger partial charge in [0.1, 0.15) is 28.7 Å². The van der Waals surface area contributed by atoms with Gasteiger partial charge >= 0.3 is 3.93 Å². The average Bonchev–Trinajstić information content (AvgIpc) is 3.37. The first-order chi connectivity index (χ1) is 19.7. The molecule has 1 aromatic carbocycles. The first-order valence-corrected chi connectivity index (χ1v) is 15.5. The van der Waals surface area contributed by atoms with E-state index in [0.717, 1.165) is 65.2 Å². The Morgan fingerprint density at radius 2 is 1.98 bits per heavy atom. The lowest BCUT2D eigenvalue weighted by molar-refractivity contribution is -0.132. The molecule has 9 nitrogen and oxygen atoms in total. The van der Waals surface area contributed by atoms with E-state index >= 15 is 0 Å². The number of hydrogen-bond donors (Lipinski definition) is 2. The van der Waals surface area contributed by atoms with E-state index in [2.05, 4.69) is 15.3 Å². The molecular weight excluding hydrogens is 663 g/mol. The van der Waals surface area contributed by atoms with Crippen LogP contribution in [0, 0.1) is 0 Å². The number of nitrogens with zero attached hydrogens (tertiary/aromatic N) is 5. The zero-order chi connectivity index (χ0) is 29.1. The summed E-state index contributed by atoms with van der Waals surface area (Å²) in [6, 6.07) is 9.13. The molecule has 1 atom stereocenters. The van der Waals surface area contributed by atoms with Gasteiger partial charge in [0.25, 0.3) is 5.91 Å². The Kier molecular flexibility index (Phi) is 8.73.